The number of carbonyl (C=O) groups is 1. The fraction of sp³-hybridized carbons (Fsp3) is 0.350. The molecular weight excluding hydrogens is 300 g/mol. The van der Waals surface area contributed by atoms with Crippen molar-refractivity contribution in [1.82, 2.24) is 10.2 Å². The Hall–Kier alpha value is -2.33. The molecule has 1 heterocycles. The third kappa shape index (κ3) is 2.78. The zero-order chi connectivity index (χ0) is 16.6. The SMILES string of the molecule is COc1ccc(CNC(=O)C2N(Cc3ccccc3)C23CC3)cc1. The van der Waals surface area contributed by atoms with Gasteiger partial charge in [-0.2, -0.15) is 0 Å². The Labute approximate surface area is 142 Å². The molecule has 1 N–H and O–H groups in total. The highest BCUT2D eigenvalue weighted by atomic mass is 16.5. The summed E-state index contributed by atoms with van der Waals surface area (Å²) in [5, 5.41) is 3.09. The van der Waals surface area contributed by atoms with Crippen LogP contribution in [-0.4, -0.2) is 29.5 Å². The molecule has 0 radical (unpaired) electrons. The fourth-order valence-electron chi connectivity index (χ4n) is 3.57. The van der Waals surface area contributed by atoms with Crippen molar-refractivity contribution in [3.63, 3.8) is 0 Å². The number of nitrogens with zero attached hydrogens (tertiary/aromatic N) is 1. The van der Waals surface area contributed by atoms with Gasteiger partial charge < -0.3 is 10.1 Å². The molecule has 1 spiro atoms. The van der Waals surface area contributed by atoms with Crippen LogP contribution in [0.1, 0.15) is 24.0 Å². The highest BCUT2D eigenvalue weighted by Crippen LogP contribution is 2.60. The molecule has 4 rings (SSSR count). The summed E-state index contributed by atoms with van der Waals surface area (Å²) in [6, 6.07) is 18.2. The predicted octanol–water partition coefficient (Wildman–Crippen LogP) is 2.73. The minimum Gasteiger partial charge on any atom is -0.497 e. The zero-order valence-corrected chi connectivity index (χ0v) is 13.9. The third-order valence-corrected chi connectivity index (χ3v) is 5.16. The Bertz CT molecular complexity index is 723. The molecule has 1 saturated carbocycles. The Morgan fingerprint density at radius 1 is 1.12 bits per heavy atom. The van der Waals surface area contributed by atoms with Crippen LogP contribution in [0, 0.1) is 0 Å². The van der Waals surface area contributed by atoms with Gasteiger partial charge in [-0.25, -0.2) is 0 Å². The summed E-state index contributed by atoms with van der Waals surface area (Å²) >= 11 is 0. The summed E-state index contributed by atoms with van der Waals surface area (Å²) in [7, 11) is 1.65. The fourth-order valence-corrected chi connectivity index (χ4v) is 3.57. The number of methoxy groups -OCH3 is 1. The highest BCUT2D eigenvalue weighted by Gasteiger charge is 2.72. The first kappa shape index (κ1) is 15.2. The van der Waals surface area contributed by atoms with Crippen LogP contribution < -0.4 is 10.1 Å². The number of hydrogen-bond acceptors (Lipinski definition) is 3. The summed E-state index contributed by atoms with van der Waals surface area (Å²) in [6.07, 6.45) is 2.28. The van der Waals surface area contributed by atoms with Crippen LogP contribution in [0.3, 0.4) is 0 Å². The van der Waals surface area contributed by atoms with Gasteiger partial charge in [-0.3, -0.25) is 9.69 Å². The molecule has 24 heavy (non-hydrogen) atoms. The van der Waals surface area contributed by atoms with Crippen molar-refractivity contribution in [2.75, 3.05) is 7.11 Å². The average molecular weight is 322 g/mol. The van der Waals surface area contributed by atoms with Crippen LogP contribution in [-0.2, 0) is 17.9 Å². The minimum absolute atomic E-state index is 0.0379. The van der Waals surface area contributed by atoms with Gasteiger partial charge >= 0.3 is 0 Å². The van der Waals surface area contributed by atoms with E-state index in [9.17, 15) is 4.79 Å². The Balaban J connectivity index is 1.34. The number of rotatable bonds is 6. The van der Waals surface area contributed by atoms with Crippen LogP contribution in [0.5, 0.6) is 5.75 Å². The molecule has 1 aliphatic heterocycles. The molecule has 4 heteroatoms. The molecule has 4 nitrogen and oxygen atoms in total. The molecular formula is C20H22N2O2. The first-order valence-electron chi connectivity index (χ1n) is 8.44. The molecule has 2 aromatic carbocycles. The maximum atomic E-state index is 12.6. The van der Waals surface area contributed by atoms with Gasteiger partial charge in [0.15, 0.2) is 0 Å². The van der Waals surface area contributed by atoms with Crippen LogP contribution >= 0.6 is 0 Å². The zero-order valence-electron chi connectivity index (χ0n) is 13.9. The summed E-state index contributed by atoms with van der Waals surface area (Å²) in [6.45, 7) is 1.43. The maximum Gasteiger partial charge on any atom is 0.239 e. The normalized spacial score (nSPS) is 22.9. The van der Waals surface area contributed by atoms with Crippen molar-refractivity contribution in [2.24, 2.45) is 0 Å². The number of hydrogen-bond donors (Lipinski definition) is 1. The number of ether oxygens (including phenoxy) is 1. The van der Waals surface area contributed by atoms with E-state index in [1.54, 1.807) is 7.11 Å². The highest BCUT2D eigenvalue weighted by molar-refractivity contribution is 5.88. The number of nitrogens with one attached hydrogen (secondary N) is 1. The molecule has 124 valence electrons. The Kier molecular flexibility index (Phi) is 3.77. The summed E-state index contributed by atoms with van der Waals surface area (Å²) in [5.41, 5.74) is 2.51. The van der Waals surface area contributed by atoms with Gasteiger partial charge in [-0.1, -0.05) is 42.5 Å². The lowest BCUT2D eigenvalue weighted by Crippen LogP contribution is -2.30. The van der Waals surface area contributed by atoms with E-state index >= 15 is 0 Å². The van der Waals surface area contributed by atoms with Crippen molar-refractivity contribution in [3.05, 3.63) is 65.7 Å². The second-order valence-corrected chi connectivity index (χ2v) is 6.69. The number of amides is 1. The van der Waals surface area contributed by atoms with Gasteiger partial charge in [-0.15, -0.1) is 0 Å². The van der Waals surface area contributed by atoms with Crippen molar-refractivity contribution in [3.8, 4) is 5.75 Å². The van der Waals surface area contributed by atoms with E-state index in [0.717, 1.165) is 30.7 Å². The Morgan fingerprint density at radius 3 is 2.46 bits per heavy atom. The molecule has 1 saturated heterocycles. The number of carbonyl (C=O) groups excluding carboxylic acids is 1. The maximum absolute atomic E-state index is 12.6. The van der Waals surface area contributed by atoms with E-state index in [4.69, 9.17) is 4.74 Å². The third-order valence-electron chi connectivity index (χ3n) is 5.16. The molecule has 2 unspecified atom stereocenters. The molecule has 1 aliphatic carbocycles. The lowest BCUT2D eigenvalue weighted by atomic mass is 10.2. The standard InChI is InChI=1S/C20H22N2O2/c1-24-17-9-7-15(8-10-17)13-21-19(23)18-20(11-12-20)22(18)14-16-5-3-2-4-6-16/h2-10,18H,11-14H2,1H3,(H,21,23). The van der Waals surface area contributed by atoms with Gasteiger partial charge in [0, 0.05) is 18.6 Å². The van der Waals surface area contributed by atoms with Gasteiger partial charge in [0.25, 0.3) is 0 Å². The van der Waals surface area contributed by atoms with Crippen LogP contribution in [0.2, 0.25) is 0 Å². The first-order valence-corrected chi connectivity index (χ1v) is 8.44. The van der Waals surface area contributed by atoms with Crippen molar-refractivity contribution in [1.29, 1.82) is 0 Å². The summed E-state index contributed by atoms with van der Waals surface area (Å²) < 4.78 is 5.16. The quantitative estimate of drug-likeness (QED) is 0.832. The molecule has 2 aromatic rings. The molecule has 2 atom stereocenters. The van der Waals surface area contributed by atoms with E-state index in [2.05, 4.69) is 34.5 Å². The molecule has 0 bridgehead atoms. The van der Waals surface area contributed by atoms with Crippen LogP contribution in [0.25, 0.3) is 0 Å². The summed E-state index contributed by atoms with van der Waals surface area (Å²) in [5.74, 6) is 0.984. The van der Waals surface area contributed by atoms with E-state index in [0.29, 0.717) is 6.54 Å². The lowest BCUT2D eigenvalue weighted by molar-refractivity contribution is -0.121. The second kappa shape index (κ2) is 5.95. The van der Waals surface area contributed by atoms with E-state index in [1.165, 1.54) is 5.56 Å². The van der Waals surface area contributed by atoms with E-state index in [-0.39, 0.29) is 17.5 Å². The van der Waals surface area contributed by atoms with Crippen molar-refractivity contribution >= 4 is 5.91 Å². The smallest absolute Gasteiger partial charge is 0.239 e. The van der Waals surface area contributed by atoms with Gasteiger partial charge in [0.1, 0.15) is 11.8 Å². The van der Waals surface area contributed by atoms with Gasteiger partial charge in [0.05, 0.1) is 7.11 Å². The number of benzene rings is 2. The minimum atomic E-state index is 0.0379. The largest absolute Gasteiger partial charge is 0.497 e. The average Bonchev–Trinajstić information content (AvgIpc) is 3.53. The second-order valence-electron chi connectivity index (χ2n) is 6.69. The first-order chi connectivity index (χ1) is 11.7. The van der Waals surface area contributed by atoms with Gasteiger partial charge in [0.2, 0.25) is 5.91 Å². The monoisotopic (exact) mass is 322 g/mol. The van der Waals surface area contributed by atoms with E-state index in [1.807, 2.05) is 30.3 Å². The molecule has 2 aliphatic rings. The Morgan fingerprint density at radius 2 is 1.83 bits per heavy atom. The van der Waals surface area contributed by atoms with Crippen molar-refractivity contribution in [2.45, 2.75) is 37.5 Å². The lowest BCUT2D eigenvalue weighted by Gasteiger charge is -2.07. The topological polar surface area (TPSA) is 41.3 Å². The van der Waals surface area contributed by atoms with Crippen LogP contribution in [0.4, 0.5) is 0 Å². The van der Waals surface area contributed by atoms with Crippen molar-refractivity contribution < 1.29 is 9.53 Å². The van der Waals surface area contributed by atoms with E-state index < -0.39 is 0 Å². The molecule has 0 aromatic heterocycles. The molecule has 1 amide bonds. The van der Waals surface area contributed by atoms with Crippen LogP contribution in [0.15, 0.2) is 54.6 Å². The predicted molar refractivity (Wildman–Crippen MR) is 92.6 cm³/mol. The molecule has 2 fully saturated rings. The summed E-state index contributed by atoms with van der Waals surface area (Å²) in [4.78, 5) is 14.9. The van der Waals surface area contributed by atoms with Gasteiger partial charge in [-0.05, 0) is 36.1 Å².